The van der Waals surface area contributed by atoms with Crippen molar-refractivity contribution in [1.82, 2.24) is 10.2 Å². The van der Waals surface area contributed by atoms with E-state index in [1.165, 1.54) is 25.8 Å². The number of aliphatic hydroxyl groups excluding tert-OH is 1. The SMILES string of the molecule is CC1(C)CCN(CC(C)(CO)NC2CC2)C1. The van der Waals surface area contributed by atoms with Gasteiger partial charge in [0.2, 0.25) is 0 Å². The molecule has 2 rings (SSSR count). The van der Waals surface area contributed by atoms with E-state index in [0.717, 1.165) is 13.1 Å². The molecule has 0 radical (unpaired) electrons. The largest absolute Gasteiger partial charge is 0.394 e. The smallest absolute Gasteiger partial charge is 0.0623 e. The second-order valence-electron chi connectivity index (χ2n) is 6.76. The molecule has 1 saturated carbocycles. The van der Waals surface area contributed by atoms with Crippen LogP contribution in [0.15, 0.2) is 0 Å². The van der Waals surface area contributed by atoms with Crippen molar-refractivity contribution in [2.24, 2.45) is 5.41 Å². The van der Waals surface area contributed by atoms with Gasteiger partial charge in [-0.05, 0) is 38.1 Å². The fourth-order valence-corrected chi connectivity index (χ4v) is 2.71. The molecule has 2 fully saturated rings. The molecule has 0 spiro atoms. The Kier molecular flexibility index (Phi) is 3.30. The van der Waals surface area contributed by atoms with Crippen LogP contribution in [0.4, 0.5) is 0 Å². The van der Waals surface area contributed by atoms with Gasteiger partial charge in [-0.25, -0.2) is 0 Å². The lowest BCUT2D eigenvalue weighted by atomic mass is 9.93. The van der Waals surface area contributed by atoms with Crippen molar-refractivity contribution >= 4 is 0 Å². The van der Waals surface area contributed by atoms with Crippen LogP contribution in [0.1, 0.15) is 40.0 Å². The van der Waals surface area contributed by atoms with E-state index in [4.69, 9.17) is 0 Å². The van der Waals surface area contributed by atoms with Crippen LogP contribution >= 0.6 is 0 Å². The normalized spacial score (nSPS) is 29.2. The summed E-state index contributed by atoms with van der Waals surface area (Å²) in [6.45, 7) is 10.4. The summed E-state index contributed by atoms with van der Waals surface area (Å²) in [5, 5.41) is 13.1. The van der Waals surface area contributed by atoms with Crippen LogP contribution in [0.3, 0.4) is 0 Å². The van der Waals surface area contributed by atoms with Gasteiger partial charge in [0.15, 0.2) is 0 Å². The first-order chi connectivity index (χ1) is 7.42. The Morgan fingerprint density at radius 1 is 1.44 bits per heavy atom. The lowest BCUT2D eigenvalue weighted by Crippen LogP contribution is -2.54. The highest BCUT2D eigenvalue weighted by molar-refractivity contribution is 4.96. The van der Waals surface area contributed by atoms with Gasteiger partial charge in [0.1, 0.15) is 0 Å². The van der Waals surface area contributed by atoms with E-state index in [2.05, 4.69) is 31.0 Å². The quantitative estimate of drug-likeness (QED) is 0.740. The zero-order valence-electron chi connectivity index (χ0n) is 10.9. The van der Waals surface area contributed by atoms with Gasteiger partial charge in [-0.15, -0.1) is 0 Å². The van der Waals surface area contributed by atoms with Crippen molar-refractivity contribution in [3.63, 3.8) is 0 Å². The first-order valence-corrected chi connectivity index (χ1v) is 6.53. The third-order valence-electron chi connectivity index (χ3n) is 3.81. The maximum absolute atomic E-state index is 9.56. The molecule has 3 nitrogen and oxygen atoms in total. The van der Waals surface area contributed by atoms with Gasteiger partial charge >= 0.3 is 0 Å². The summed E-state index contributed by atoms with van der Waals surface area (Å²) in [7, 11) is 0. The lowest BCUT2D eigenvalue weighted by Gasteiger charge is -2.34. The van der Waals surface area contributed by atoms with Crippen molar-refractivity contribution in [3.05, 3.63) is 0 Å². The Hall–Kier alpha value is -0.120. The Balaban J connectivity index is 1.86. The van der Waals surface area contributed by atoms with Crippen molar-refractivity contribution < 1.29 is 5.11 Å². The van der Waals surface area contributed by atoms with Crippen LogP contribution in [-0.2, 0) is 0 Å². The molecule has 1 aliphatic heterocycles. The minimum atomic E-state index is -0.110. The average Bonchev–Trinajstić information content (AvgIpc) is 2.92. The molecule has 3 heteroatoms. The third kappa shape index (κ3) is 3.19. The highest BCUT2D eigenvalue weighted by Gasteiger charge is 2.37. The molecule has 0 aromatic heterocycles. The second-order valence-corrected chi connectivity index (χ2v) is 6.76. The number of nitrogens with zero attached hydrogens (tertiary/aromatic N) is 1. The Morgan fingerprint density at radius 2 is 2.12 bits per heavy atom. The molecular weight excluding hydrogens is 200 g/mol. The molecule has 94 valence electrons. The fraction of sp³-hybridized carbons (Fsp3) is 1.00. The number of likely N-dealkylation sites (tertiary alicyclic amines) is 1. The third-order valence-corrected chi connectivity index (χ3v) is 3.81. The van der Waals surface area contributed by atoms with E-state index >= 15 is 0 Å². The lowest BCUT2D eigenvalue weighted by molar-refractivity contribution is 0.125. The molecule has 0 bridgehead atoms. The van der Waals surface area contributed by atoms with Crippen LogP contribution in [0.2, 0.25) is 0 Å². The first kappa shape index (κ1) is 12.3. The minimum Gasteiger partial charge on any atom is -0.394 e. The summed E-state index contributed by atoms with van der Waals surface area (Å²) in [5.41, 5.74) is 0.345. The number of hydrogen-bond donors (Lipinski definition) is 2. The average molecular weight is 226 g/mol. The predicted octanol–water partition coefficient (Wildman–Crippen LogP) is 1.22. The zero-order chi connectivity index (χ0) is 11.8. The van der Waals surface area contributed by atoms with Crippen molar-refractivity contribution in [2.75, 3.05) is 26.2 Å². The Bertz CT molecular complexity index is 250. The maximum Gasteiger partial charge on any atom is 0.0623 e. The summed E-state index contributed by atoms with van der Waals surface area (Å²) in [6, 6.07) is 0.660. The van der Waals surface area contributed by atoms with Gasteiger partial charge in [-0.2, -0.15) is 0 Å². The van der Waals surface area contributed by atoms with Crippen molar-refractivity contribution in [3.8, 4) is 0 Å². The number of rotatable bonds is 5. The van der Waals surface area contributed by atoms with Crippen molar-refractivity contribution in [1.29, 1.82) is 0 Å². The van der Waals surface area contributed by atoms with E-state index in [-0.39, 0.29) is 12.1 Å². The van der Waals surface area contributed by atoms with Gasteiger partial charge in [-0.3, -0.25) is 0 Å². The molecule has 2 aliphatic rings. The highest BCUT2D eigenvalue weighted by Crippen LogP contribution is 2.30. The zero-order valence-corrected chi connectivity index (χ0v) is 10.9. The molecular formula is C13H26N2O. The minimum absolute atomic E-state index is 0.110. The van der Waals surface area contributed by atoms with E-state index in [1.807, 2.05) is 0 Å². The van der Waals surface area contributed by atoms with Crippen molar-refractivity contribution in [2.45, 2.75) is 51.6 Å². The van der Waals surface area contributed by atoms with Crippen LogP contribution in [0.5, 0.6) is 0 Å². The standard InChI is InChI=1S/C13H26N2O/c1-12(2)6-7-15(8-12)9-13(3,10-16)14-11-4-5-11/h11,14,16H,4-10H2,1-3H3. The van der Waals surface area contributed by atoms with E-state index in [0.29, 0.717) is 11.5 Å². The molecule has 0 aromatic carbocycles. The molecule has 16 heavy (non-hydrogen) atoms. The maximum atomic E-state index is 9.56. The summed E-state index contributed by atoms with van der Waals surface area (Å²) >= 11 is 0. The van der Waals surface area contributed by atoms with Gasteiger partial charge < -0.3 is 15.3 Å². The van der Waals surface area contributed by atoms with E-state index in [1.54, 1.807) is 0 Å². The van der Waals surface area contributed by atoms with Crippen LogP contribution in [-0.4, -0.2) is 47.8 Å². The van der Waals surface area contributed by atoms with Gasteiger partial charge in [0, 0.05) is 19.1 Å². The molecule has 1 heterocycles. The summed E-state index contributed by atoms with van der Waals surface area (Å²) in [4.78, 5) is 2.49. The van der Waals surface area contributed by atoms with Crippen LogP contribution in [0.25, 0.3) is 0 Å². The first-order valence-electron chi connectivity index (χ1n) is 6.53. The molecule has 1 atom stereocenters. The molecule has 0 amide bonds. The Morgan fingerprint density at radius 3 is 2.56 bits per heavy atom. The topological polar surface area (TPSA) is 35.5 Å². The van der Waals surface area contributed by atoms with Crippen LogP contribution in [0, 0.1) is 5.41 Å². The molecule has 0 aromatic rings. The van der Waals surface area contributed by atoms with Crippen LogP contribution < -0.4 is 5.32 Å². The van der Waals surface area contributed by atoms with Gasteiger partial charge in [-0.1, -0.05) is 13.8 Å². The fourth-order valence-electron chi connectivity index (χ4n) is 2.71. The Labute approximate surface area is 99.2 Å². The van der Waals surface area contributed by atoms with Gasteiger partial charge in [0.25, 0.3) is 0 Å². The number of aliphatic hydroxyl groups is 1. The van der Waals surface area contributed by atoms with Gasteiger partial charge in [0.05, 0.1) is 12.1 Å². The molecule has 2 N–H and O–H groups in total. The second kappa shape index (κ2) is 4.28. The summed E-state index contributed by atoms with van der Waals surface area (Å²) in [6.07, 6.45) is 3.83. The summed E-state index contributed by atoms with van der Waals surface area (Å²) < 4.78 is 0. The van der Waals surface area contributed by atoms with E-state index < -0.39 is 0 Å². The number of hydrogen-bond acceptors (Lipinski definition) is 3. The molecule has 1 saturated heterocycles. The van der Waals surface area contributed by atoms with E-state index in [9.17, 15) is 5.11 Å². The molecule has 1 aliphatic carbocycles. The predicted molar refractivity (Wildman–Crippen MR) is 66.5 cm³/mol. The molecule has 1 unspecified atom stereocenters. The highest BCUT2D eigenvalue weighted by atomic mass is 16.3. The monoisotopic (exact) mass is 226 g/mol. The summed E-state index contributed by atoms with van der Waals surface area (Å²) in [5.74, 6) is 0. The number of nitrogens with one attached hydrogen (secondary N) is 1.